The van der Waals surface area contributed by atoms with Crippen LogP contribution in [0.3, 0.4) is 0 Å². The lowest BCUT2D eigenvalue weighted by molar-refractivity contribution is 0.474. The molecule has 0 spiro atoms. The van der Waals surface area contributed by atoms with Crippen molar-refractivity contribution in [2.24, 2.45) is 0 Å². The van der Waals surface area contributed by atoms with E-state index in [2.05, 4.69) is 46.6 Å². The van der Waals surface area contributed by atoms with Crippen molar-refractivity contribution in [2.45, 2.75) is 39.2 Å². The monoisotopic (exact) mass is 220 g/mol. The number of hydrogen-bond donors (Lipinski definition) is 1. The van der Waals surface area contributed by atoms with Crippen LogP contribution in [0.5, 0.6) is 0 Å². The Hall–Kier alpha value is -1.72. The summed E-state index contributed by atoms with van der Waals surface area (Å²) in [5, 5.41) is 14.9. The lowest BCUT2D eigenvalue weighted by Crippen LogP contribution is -2.34. The van der Waals surface area contributed by atoms with Crippen LogP contribution in [0.15, 0.2) is 12.4 Å². The molecule has 0 saturated heterocycles. The molecule has 0 saturated carbocycles. The number of nitrogens with one attached hydrogen (secondary N) is 1. The Kier molecular flexibility index (Phi) is 2.72. The van der Waals surface area contributed by atoms with Gasteiger partial charge in [0.15, 0.2) is 11.5 Å². The van der Waals surface area contributed by atoms with Crippen molar-refractivity contribution < 1.29 is 0 Å². The molecule has 6 heteroatoms. The van der Waals surface area contributed by atoms with E-state index >= 15 is 0 Å². The molecule has 0 bridgehead atoms. The summed E-state index contributed by atoms with van der Waals surface area (Å²) in [4.78, 5) is 4.11. The van der Waals surface area contributed by atoms with Crippen LogP contribution in [0.1, 0.15) is 33.6 Å². The molecular weight excluding hydrogens is 204 g/mol. The highest BCUT2D eigenvalue weighted by Crippen LogP contribution is 2.20. The summed E-state index contributed by atoms with van der Waals surface area (Å²) < 4.78 is 1.66. The third-order valence-corrected chi connectivity index (χ3v) is 3.10. The minimum atomic E-state index is 0.0436. The molecule has 0 unspecified atom stereocenters. The second kappa shape index (κ2) is 4.03. The van der Waals surface area contributed by atoms with E-state index in [4.69, 9.17) is 0 Å². The highest BCUT2D eigenvalue weighted by atomic mass is 15.5. The first-order valence-corrected chi connectivity index (χ1v) is 5.49. The highest BCUT2D eigenvalue weighted by molar-refractivity contribution is 5.45. The van der Waals surface area contributed by atoms with E-state index in [0.29, 0.717) is 5.65 Å². The van der Waals surface area contributed by atoms with Crippen molar-refractivity contribution in [1.29, 1.82) is 0 Å². The Bertz CT molecular complexity index is 473. The van der Waals surface area contributed by atoms with Gasteiger partial charge in [0.25, 0.3) is 0 Å². The fourth-order valence-corrected chi connectivity index (χ4v) is 1.50. The smallest absolute Gasteiger partial charge is 0.199 e. The molecule has 0 aliphatic heterocycles. The van der Waals surface area contributed by atoms with E-state index in [0.717, 1.165) is 18.7 Å². The van der Waals surface area contributed by atoms with Gasteiger partial charge in [-0.3, -0.25) is 4.98 Å². The number of anilines is 1. The van der Waals surface area contributed by atoms with Crippen molar-refractivity contribution in [3.8, 4) is 0 Å². The molecule has 1 N–H and O–H groups in total. The quantitative estimate of drug-likeness (QED) is 0.845. The molecule has 86 valence electrons. The Morgan fingerprint density at radius 2 is 2.06 bits per heavy atom. The first-order valence-electron chi connectivity index (χ1n) is 5.49. The molecule has 6 nitrogen and oxygen atoms in total. The minimum absolute atomic E-state index is 0.0436. The predicted molar refractivity (Wildman–Crippen MR) is 61.2 cm³/mol. The third-order valence-electron chi connectivity index (χ3n) is 3.10. The molecule has 2 rings (SSSR count). The van der Waals surface area contributed by atoms with Crippen LogP contribution in [0.4, 0.5) is 5.82 Å². The van der Waals surface area contributed by atoms with E-state index in [-0.39, 0.29) is 5.54 Å². The van der Waals surface area contributed by atoms with Gasteiger partial charge in [0.05, 0.1) is 12.4 Å². The van der Waals surface area contributed by atoms with E-state index in [1.807, 2.05) is 0 Å². The van der Waals surface area contributed by atoms with Gasteiger partial charge in [-0.25, -0.2) is 0 Å². The van der Waals surface area contributed by atoms with Crippen LogP contribution in [0.25, 0.3) is 5.65 Å². The molecular formula is C10H16N6. The minimum Gasteiger partial charge on any atom is -0.363 e. The summed E-state index contributed by atoms with van der Waals surface area (Å²) >= 11 is 0. The molecule has 0 radical (unpaired) electrons. The average Bonchev–Trinajstić information content (AvgIpc) is 2.78. The summed E-state index contributed by atoms with van der Waals surface area (Å²) in [6.45, 7) is 6.49. The number of tetrazole rings is 1. The maximum absolute atomic E-state index is 4.11. The van der Waals surface area contributed by atoms with Crippen LogP contribution in [-0.4, -0.2) is 30.6 Å². The molecule has 0 fully saturated rings. The van der Waals surface area contributed by atoms with Gasteiger partial charge >= 0.3 is 0 Å². The zero-order chi connectivity index (χ0) is 11.6. The van der Waals surface area contributed by atoms with Gasteiger partial charge in [0, 0.05) is 5.54 Å². The van der Waals surface area contributed by atoms with Crippen molar-refractivity contribution in [2.75, 3.05) is 5.32 Å². The average molecular weight is 220 g/mol. The summed E-state index contributed by atoms with van der Waals surface area (Å²) in [5.41, 5.74) is 0.696. The predicted octanol–water partition coefficient (Wildman–Crippen LogP) is 1.51. The molecule has 16 heavy (non-hydrogen) atoms. The van der Waals surface area contributed by atoms with E-state index < -0.39 is 0 Å². The standard InChI is InChI=1S/C10H16N6/c1-4-10(3,5-2)12-8-6-11-7-9-13-14-15-16(8)9/h6-7,12H,4-5H2,1-3H3. The molecule has 2 heterocycles. The molecule has 2 aromatic heterocycles. The zero-order valence-corrected chi connectivity index (χ0v) is 9.80. The van der Waals surface area contributed by atoms with Gasteiger partial charge < -0.3 is 5.32 Å². The molecule has 2 aromatic rings. The summed E-state index contributed by atoms with van der Waals surface area (Å²) in [7, 11) is 0. The zero-order valence-electron chi connectivity index (χ0n) is 9.80. The van der Waals surface area contributed by atoms with Crippen LogP contribution in [-0.2, 0) is 0 Å². The summed E-state index contributed by atoms with van der Waals surface area (Å²) in [5.74, 6) is 0.828. The maximum Gasteiger partial charge on any atom is 0.199 e. The summed E-state index contributed by atoms with van der Waals surface area (Å²) in [6.07, 6.45) is 5.44. The number of rotatable bonds is 4. The van der Waals surface area contributed by atoms with Gasteiger partial charge in [-0.2, -0.15) is 4.52 Å². The van der Waals surface area contributed by atoms with Crippen molar-refractivity contribution >= 4 is 11.5 Å². The van der Waals surface area contributed by atoms with Crippen LogP contribution in [0.2, 0.25) is 0 Å². The Morgan fingerprint density at radius 1 is 1.31 bits per heavy atom. The Morgan fingerprint density at radius 3 is 2.75 bits per heavy atom. The highest BCUT2D eigenvalue weighted by Gasteiger charge is 2.20. The molecule has 0 aliphatic carbocycles. The Balaban J connectivity index is 2.37. The van der Waals surface area contributed by atoms with Crippen molar-refractivity contribution in [3.05, 3.63) is 12.4 Å². The second-order valence-electron chi connectivity index (χ2n) is 4.13. The van der Waals surface area contributed by atoms with E-state index in [9.17, 15) is 0 Å². The van der Waals surface area contributed by atoms with Crippen molar-refractivity contribution in [3.63, 3.8) is 0 Å². The largest absolute Gasteiger partial charge is 0.363 e. The number of hydrogen-bond acceptors (Lipinski definition) is 5. The van der Waals surface area contributed by atoms with Gasteiger partial charge in [-0.05, 0) is 30.2 Å². The molecule has 0 aliphatic rings. The van der Waals surface area contributed by atoms with Gasteiger partial charge in [-0.15, -0.1) is 5.10 Å². The Labute approximate surface area is 94.1 Å². The van der Waals surface area contributed by atoms with Gasteiger partial charge in [0.2, 0.25) is 0 Å². The lowest BCUT2D eigenvalue weighted by Gasteiger charge is -2.29. The number of fused-ring (bicyclic) bond motifs is 1. The van der Waals surface area contributed by atoms with Crippen LogP contribution in [0, 0.1) is 0 Å². The van der Waals surface area contributed by atoms with Gasteiger partial charge in [-0.1, -0.05) is 13.8 Å². The van der Waals surface area contributed by atoms with Crippen molar-refractivity contribution in [1.82, 2.24) is 25.0 Å². The SMILES string of the molecule is CCC(C)(CC)Nc1cncc2nnnn12. The fraction of sp³-hybridized carbons (Fsp3) is 0.600. The normalized spacial score (nSPS) is 11.9. The topological polar surface area (TPSA) is 68.0 Å². The maximum atomic E-state index is 4.11. The lowest BCUT2D eigenvalue weighted by atomic mass is 9.96. The van der Waals surface area contributed by atoms with Crippen LogP contribution >= 0.6 is 0 Å². The molecule has 0 amide bonds. The van der Waals surface area contributed by atoms with E-state index in [1.165, 1.54) is 0 Å². The molecule has 0 aromatic carbocycles. The third kappa shape index (κ3) is 1.82. The molecule has 0 atom stereocenters. The van der Waals surface area contributed by atoms with Crippen LogP contribution < -0.4 is 5.32 Å². The first kappa shape index (κ1) is 10.8. The summed E-state index contributed by atoms with van der Waals surface area (Å²) in [6, 6.07) is 0. The number of aromatic nitrogens is 5. The van der Waals surface area contributed by atoms with E-state index in [1.54, 1.807) is 16.9 Å². The number of nitrogens with zero attached hydrogens (tertiary/aromatic N) is 5. The van der Waals surface area contributed by atoms with Gasteiger partial charge in [0.1, 0.15) is 0 Å². The second-order valence-corrected chi connectivity index (χ2v) is 4.13. The fourth-order valence-electron chi connectivity index (χ4n) is 1.50. The first-order chi connectivity index (χ1) is 7.68.